The van der Waals surface area contributed by atoms with Crippen molar-refractivity contribution in [3.63, 3.8) is 0 Å². The average molecular weight is 144 g/mol. The molecule has 0 bridgehead atoms. The zero-order valence-electron chi connectivity index (χ0n) is 5.63. The third kappa shape index (κ3) is 4.30. The van der Waals surface area contributed by atoms with Gasteiger partial charge in [-0.1, -0.05) is 12.2 Å². The number of allylic oxidation sites excluding steroid dienone is 1. The molecule has 0 atom stereocenters. The lowest BCUT2D eigenvalue weighted by Crippen LogP contribution is -1.84. The fourth-order valence-corrected chi connectivity index (χ4v) is 0.976. The van der Waals surface area contributed by atoms with E-state index >= 15 is 0 Å². The molecule has 0 saturated heterocycles. The molecule has 0 spiro atoms. The Morgan fingerprint density at radius 2 is 2.44 bits per heavy atom. The molecule has 0 aliphatic heterocycles. The molecule has 52 valence electrons. The molecule has 9 heavy (non-hydrogen) atoms. The molecule has 0 saturated carbocycles. The van der Waals surface area contributed by atoms with Gasteiger partial charge in [-0.25, -0.2) is 0 Å². The molecule has 1 N–H and O–H groups in total. The fraction of sp³-hybridized carbons (Fsp3) is 0.429. The Balaban J connectivity index is 3.44. The summed E-state index contributed by atoms with van der Waals surface area (Å²) in [6, 6.07) is 0. The molecule has 1 nitrogen and oxygen atoms in total. The topological polar surface area (TPSA) is 20.2 Å². The van der Waals surface area contributed by atoms with Gasteiger partial charge in [0.15, 0.2) is 0 Å². The predicted molar refractivity (Wildman–Crippen MR) is 43.5 cm³/mol. The summed E-state index contributed by atoms with van der Waals surface area (Å²) >= 11 is 1.61. The van der Waals surface area contributed by atoms with Gasteiger partial charge in [0.05, 0.1) is 6.61 Å². The Kier molecular flexibility index (Phi) is 5.78. The molecule has 0 aromatic rings. The van der Waals surface area contributed by atoms with Crippen LogP contribution in [0.15, 0.2) is 23.6 Å². The van der Waals surface area contributed by atoms with Crippen LogP contribution in [-0.2, 0) is 0 Å². The first-order chi connectivity index (χ1) is 4.35. The van der Waals surface area contributed by atoms with Crippen molar-refractivity contribution >= 4 is 11.8 Å². The van der Waals surface area contributed by atoms with E-state index in [0.717, 1.165) is 10.7 Å². The lowest BCUT2D eigenvalue weighted by molar-refractivity contribution is 0.339. The molecule has 0 heterocycles. The number of hydrogen-bond donors (Lipinski definition) is 1. The van der Waals surface area contributed by atoms with Gasteiger partial charge in [-0.05, 0) is 6.92 Å². The number of aliphatic hydroxyl groups excluding tert-OH is 1. The minimum atomic E-state index is 0.148. The summed E-state index contributed by atoms with van der Waals surface area (Å²) in [6.07, 6.45) is 3.73. The Labute approximate surface area is 60.5 Å². The van der Waals surface area contributed by atoms with E-state index in [-0.39, 0.29) is 6.61 Å². The lowest BCUT2D eigenvalue weighted by Gasteiger charge is -1.97. The minimum absolute atomic E-state index is 0.148. The standard InChI is InChI=1S/C7H12OS/c1-3-5-9-7(4-2)6-8/h3-4,8H,1,5-6H2,2H3/b7-4-. The van der Waals surface area contributed by atoms with Crippen LogP contribution in [0.2, 0.25) is 0 Å². The highest BCUT2D eigenvalue weighted by Gasteiger charge is 1.89. The number of rotatable bonds is 4. The van der Waals surface area contributed by atoms with Crippen LogP contribution in [0.25, 0.3) is 0 Å². The van der Waals surface area contributed by atoms with E-state index in [2.05, 4.69) is 6.58 Å². The zero-order valence-corrected chi connectivity index (χ0v) is 6.45. The van der Waals surface area contributed by atoms with Gasteiger partial charge in [-0.15, -0.1) is 18.3 Å². The first-order valence-corrected chi connectivity index (χ1v) is 3.83. The molecule has 0 fully saturated rings. The number of thioether (sulfide) groups is 1. The van der Waals surface area contributed by atoms with Crippen molar-refractivity contribution in [2.24, 2.45) is 0 Å². The summed E-state index contributed by atoms with van der Waals surface area (Å²) in [5, 5.41) is 8.63. The fourth-order valence-electron chi connectivity index (χ4n) is 0.386. The lowest BCUT2D eigenvalue weighted by atomic mass is 10.5. The molecular weight excluding hydrogens is 132 g/mol. The van der Waals surface area contributed by atoms with Crippen LogP contribution >= 0.6 is 11.8 Å². The van der Waals surface area contributed by atoms with Crippen molar-refractivity contribution in [3.05, 3.63) is 23.6 Å². The van der Waals surface area contributed by atoms with Crippen molar-refractivity contribution in [2.75, 3.05) is 12.4 Å². The van der Waals surface area contributed by atoms with Gasteiger partial charge in [0.2, 0.25) is 0 Å². The van der Waals surface area contributed by atoms with E-state index in [1.54, 1.807) is 11.8 Å². The van der Waals surface area contributed by atoms with E-state index < -0.39 is 0 Å². The second-order valence-electron chi connectivity index (χ2n) is 1.51. The van der Waals surface area contributed by atoms with Crippen LogP contribution in [0.4, 0.5) is 0 Å². The summed E-state index contributed by atoms with van der Waals surface area (Å²) < 4.78 is 0. The van der Waals surface area contributed by atoms with Crippen LogP contribution in [0.3, 0.4) is 0 Å². The van der Waals surface area contributed by atoms with Gasteiger partial charge < -0.3 is 5.11 Å². The number of aliphatic hydroxyl groups is 1. The van der Waals surface area contributed by atoms with Gasteiger partial charge in [0.1, 0.15) is 0 Å². The Hall–Kier alpha value is -0.210. The van der Waals surface area contributed by atoms with E-state index in [0.29, 0.717) is 0 Å². The first-order valence-electron chi connectivity index (χ1n) is 2.85. The predicted octanol–water partition coefficient (Wildman–Crippen LogP) is 1.80. The Morgan fingerprint density at radius 1 is 1.78 bits per heavy atom. The summed E-state index contributed by atoms with van der Waals surface area (Å²) in [5.41, 5.74) is 0. The summed E-state index contributed by atoms with van der Waals surface area (Å²) in [6.45, 7) is 5.64. The molecule has 0 unspecified atom stereocenters. The summed E-state index contributed by atoms with van der Waals surface area (Å²) in [4.78, 5) is 1.01. The van der Waals surface area contributed by atoms with Gasteiger partial charge in [0, 0.05) is 10.7 Å². The van der Waals surface area contributed by atoms with E-state index in [1.807, 2.05) is 19.1 Å². The molecule has 0 radical (unpaired) electrons. The van der Waals surface area contributed by atoms with E-state index in [4.69, 9.17) is 5.11 Å². The van der Waals surface area contributed by atoms with Crippen molar-refractivity contribution in [3.8, 4) is 0 Å². The van der Waals surface area contributed by atoms with Crippen LogP contribution in [0.1, 0.15) is 6.92 Å². The van der Waals surface area contributed by atoms with Crippen LogP contribution in [0, 0.1) is 0 Å². The molecule has 0 amide bonds. The van der Waals surface area contributed by atoms with Gasteiger partial charge in [-0.3, -0.25) is 0 Å². The van der Waals surface area contributed by atoms with Gasteiger partial charge >= 0.3 is 0 Å². The van der Waals surface area contributed by atoms with Crippen LogP contribution in [-0.4, -0.2) is 17.5 Å². The van der Waals surface area contributed by atoms with Crippen LogP contribution < -0.4 is 0 Å². The third-order valence-corrected chi connectivity index (χ3v) is 2.00. The maximum atomic E-state index is 8.63. The highest BCUT2D eigenvalue weighted by Crippen LogP contribution is 2.13. The second-order valence-corrected chi connectivity index (χ2v) is 2.66. The molecule has 0 aromatic carbocycles. The number of hydrogen-bond acceptors (Lipinski definition) is 2. The van der Waals surface area contributed by atoms with E-state index in [9.17, 15) is 0 Å². The average Bonchev–Trinajstić information content (AvgIpc) is 1.91. The largest absolute Gasteiger partial charge is 0.391 e. The zero-order chi connectivity index (χ0) is 7.11. The maximum Gasteiger partial charge on any atom is 0.0737 e. The minimum Gasteiger partial charge on any atom is -0.391 e. The van der Waals surface area contributed by atoms with Gasteiger partial charge in [-0.2, -0.15) is 0 Å². The maximum absolute atomic E-state index is 8.63. The normalized spacial score (nSPS) is 11.6. The Bertz CT molecular complexity index is 107. The molecule has 0 rings (SSSR count). The van der Waals surface area contributed by atoms with Crippen molar-refractivity contribution in [1.82, 2.24) is 0 Å². The Morgan fingerprint density at radius 3 is 2.78 bits per heavy atom. The van der Waals surface area contributed by atoms with Crippen LogP contribution in [0.5, 0.6) is 0 Å². The smallest absolute Gasteiger partial charge is 0.0737 e. The van der Waals surface area contributed by atoms with E-state index in [1.165, 1.54) is 0 Å². The van der Waals surface area contributed by atoms with Gasteiger partial charge in [0.25, 0.3) is 0 Å². The molecule has 0 aromatic heterocycles. The second kappa shape index (κ2) is 5.92. The highest BCUT2D eigenvalue weighted by molar-refractivity contribution is 8.03. The molecule has 0 aliphatic rings. The highest BCUT2D eigenvalue weighted by atomic mass is 32.2. The quantitative estimate of drug-likeness (QED) is 0.607. The molecule has 0 aliphatic carbocycles. The first kappa shape index (κ1) is 8.79. The summed E-state index contributed by atoms with van der Waals surface area (Å²) in [7, 11) is 0. The molecule has 2 heteroatoms. The van der Waals surface area contributed by atoms with Crippen molar-refractivity contribution < 1.29 is 5.11 Å². The SMILES string of the molecule is C=CCS/C(=C\C)CO. The molecular formula is C7H12OS. The summed E-state index contributed by atoms with van der Waals surface area (Å²) in [5.74, 6) is 0.875. The van der Waals surface area contributed by atoms with Crippen molar-refractivity contribution in [1.29, 1.82) is 0 Å². The monoisotopic (exact) mass is 144 g/mol. The van der Waals surface area contributed by atoms with Crippen molar-refractivity contribution in [2.45, 2.75) is 6.92 Å². The third-order valence-electron chi connectivity index (χ3n) is 0.864.